The van der Waals surface area contributed by atoms with Crippen molar-refractivity contribution in [3.63, 3.8) is 0 Å². The first kappa shape index (κ1) is 22.8. The average Bonchev–Trinajstić information content (AvgIpc) is 3.34. The number of primary amides is 1. The largest absolute Gasteiger partial charge is 0.492 e. The van der Waals surface area contributed by atoms with Crippen LogP contribution >= 0.6 is 0 Å². The Hall–Kier alpha value is -4.01. The van der Waals surface area contributed by atoms with Gasteiger partial charge < -0.3 is 21.1 Å². The number of hydrogen-bond acceptors (Lipinski definition) is 9. The Labute approximate surface area is 202 Å². The second-order valence-electron chi connectivity index (χ2n) is 9.03. The van der Waals surface area contributed by atoms with E-state index in [0.29, 0.717) is 41.3 Å². The maximum atomic E-state index is 11.4. The Morgan fingerprint density at radius 2 is 2.09 bits per heavy atom. The number of aromatic nitrogens is 4. The Morgan fingerprint density at radius 3 is 2.80 bits per heavy atom. The number of hydrogen-bond donors (Lipinski definition) is 2. The minimum absolute atomic E-state index is 0.145. The molecule has 3 aliphatic heterocycles. The van der Waals surface area contributed by atoms with Gasteiger partial charge in [0.15, 0.2) is 11.6 Å². The van der Waals surface area contributed by atoms with Crippen molar-refractivity contribution in [1.29, 1.82) is 5.26 Å². The summed E-state index contributed by atoms with van der Waals surface area (Å²) in [5.74, 6) is 0.345. The van der Waals surface area contributed by atoms with Crippen LogP contribution in [0.2, 0.25) is 0 Å². The monoisotopic (exact) mass is 473 g/mol. The minimum Gasteiger partial charge on any atom is -0.492 e. The fourth-order valence-electron chi connectivity index (χ4n) is 4.86. The van der Waals surface area contributed by atoms with E-state index in [1.165, 1.54) is 29.7 Å². The quantitative estimate of drug-likeness (QED) is 0.457. The van der Waals surface area contributed by atoms with Crippen molar-refractivity contribution in [3.8, 4) is 28.9 Å². The van der Waals surface area contributed by atoms with Gasteiger partial charge in [-0.3, -0.25) is 9.69 Å². The molecule has 0 unspecified atom stereocenters. The van der Waals surface area contributed by atoms with E-state index in [-0.39, 0.29) is 17.2 Å². The van der Waals surface area contributed by atoms with Crippen LogP contribution in [-0.4, -0.2) is 80.8 Å². The van der Waals surface area contributed by atoms with E-state index in [9.17, 15) is 10.1 Å². The van der Waals surface area contributed by atoms with Crippen LogP contribution in [0.3, 0.4) is 0 Å². The van der Waals surface area contributed by atoms with Crippen molar-refractivity contribution in [1.82, 2.24) is 29.5 Å². The Bertz CT molecular complexity index is 1290. The van der Waals surface area contributed by atoms with Crippen molar-refractivity contribution in [2.45, 2.75) is 24.9 Å². The molecule has 1 aromatic carbocycles. The number of carbonyl (C=O) groups is 1. The van der Waals surface area contributed by atoms with E-state index in [1.807, 2.05) is 6.07 Å². The van der Waals surface area contributed by atoms with Crippen LogP contribution < -0.4 is 16.2 Å². The van der Waals surface area contributed by atoms with E-state index in [2.05, 4.69) is 38.0 Å². The molecule has 35 heavy (non-hydrogen) atoms. The maximum Gasteiger partial charge on any atom is 0.251 e. The first-order valence-corrected chi connectivity index (χ1v) is 11.5. The smallest absolute Gasteiger partial charge is 0.251 e. The molecule has 0 aliphatic carbocycles. The molecule has 1 amide bonds. The molecule has 2 atom stereocenters. The molecule has 2 bridgehead atoms. The number of nitrogens with zero attached hydrogens (tertiary/aromatic N) is 7. The maximum absolute atomic E-state index is 11.4. The number of piperidine rings is 1. The highest BCUT2D eigenvalue weighted by Crippen LogP contribution is 2.31. The summed E-state index contributed by atoms with van der Waals surface area (Å²) >= 11 is 0. The summed E-state index contributed by atoms with van der Waals surface area (Å²) in [7, 11) is 2.18. The van der Waals surface area contributed by atoms with Gasteiger partial charge in [-0.25, -0.2) is 14.6 Å². The lowest BCUT2D eigenvalue weighted by atomic mass is 9.87. The Kier molecular flexibility index (Phi) is 6.07. The summed E-state index contributed by atoms with van der Waals surface area (Å²) in [5.41, 5.74) is 13.1. The zero-order chi connectivity index (χ0) is 24.5. The van der Waals surface area contributed by atoms with Crippen molar-refractivity contribution in [2.24, 2.45) is 5.73 Å². The summed E-state index contributed by atoms with van der Waals surface area (Å²) < 4.78 is 7.29. The number of piperazine rings is 1. The van der Waals surface area contributed by atoms with Gasteiger partial charge in [-0.1, -0.05) is 0 Å². The predicted molar refractivity (Wildman–Crippen MR) is 129 cm³/mol. The number of nitrogens with two attached hydrogens (primary N) is 2. The first-order chi connectivity index (χ1) is 16.9. The number of anilines is 1. The van der Waals surface area contributed by atoms with Gasteiger partial charge in [0.05, 0.1) is 35.8 Å². The second kappa shape index (κ2) is 9.32. The number of fused-ring (bicyclic) bond motifs is 2. The van der Waals surface area contributed by atoms with Crippen LogP contribution in [0.1, 0.15) is 28.8 Å². The fourth-order valence-corrected chi connectivity index (χ4v) is 4.86. The number of nitrogen functional groups attached to an aromatic ring is 1. The molecule has 3 aromatic rings. The lowest BCUT2D eigenvalue weighted by Crippen LogP contribution is -2.67. The molecule has 11 nitrogen and oxygen atoms in total. The lowest BCUT2D eigenvalue weighted by molar-refractivity contribution is -0.0622. The van der Waals surface area contributed by atoms with Gasteiger partial charge in [-0.2, -0.15) is 10.4 Å². The van der Waals surface area contributed by atoms with Gasteiger partial charge in [-0.15, -0.1) is 0 Å². The molecule has 3 saturated heterocycles. The van der Waals surface area contributed by atoms with Crippen LogP contribution in [0, 0.1) is 11.3 Å². The van der Waals surface area contributed by atoms with Crippen LogP contribution in [0.25, 0.3) is 17.1 Å². The van der Waals surface area contributed by atoms with Gasteiger partial charge in [0.2, 0.25) is 0 Å². The number of ether oxygens (including phenoxy) is 1. The number of benzene rings is 1. The fraction of sp³-hybridized carbons (Fsp3) is 0.375. The molecule has 3 fully saturated rings. The highest BCUT2D eigenvalue weighted by atomic mass is 16.5. The number of nitriles is 1. The molecule has 11 heteroatoms. The van der Waals surface area contributed by atoms with Gasteiger partial charge in [0.25, 0.3) is 5.91 Å². The molecule has 6 rings (SSSR count). The van der Waals surface area contributed by atoms with E-state index in [1.54, 1.807) is 12.1 Å². The third-order valence-electron chi connectivity index (χ3n) is 6.61. The van der Waals surface area contributed by atoms with Crippen molar-refractivity contribution >= 4 is 11.7 Å². The second-order valence-corrected chi connectivity index (χ2v) is 9.03. The van der Waals surface area contributed by atoms with E-state index >= 15 is 0 Å². The normalized spacial score (nSPS) is 19.7. The molecule has 0 spiro atoms. The van der Waals surface area contributed by atoms with E-state index in [4.69, 9.17) is 16.2 Å². The summed E-state index contributed by atoms with van der Waals surface area (Å²) in [6, 6.07) is 8.86. The third kappa shape index (κ3) is 4.53. The SMILES string of the molecule is CN1C[C@H]2C[C@@H](C1)N2CCCOc1ccc(-c2cnc(N)c(-n3cc(C(N)=O)cn3)n2)cc1C#N. The molecule has 180 valence electrons. The highest BCUT2D eigenvalue weighted by Gasteiger charge is 2.42. The van der Waals surface area contributed by atoms with Crippen LogP contribution in [0.4, 0.5) is 5.82 Å². The van der Waals surface area contributed by atoms with Gasteiger partial charge in [0, 0.05) is 43.5 Å². The standard InChI is InChI=1S/C24H27N9O2/c1-31-13-18-8-19(14-31)32(18)5-2-6-35-21-4-3-15(7-16(21)9-25)20-11-28-22(26)24(30-20)33-12-17(10-29-33)23(27)34/h3-4,7,10-12,18-19H,2,5-6,8,13-14H2,1H3,(H2,26,28)(H2,27,34)/t18-,19+. The summed E-state index contributed by atoms with van der Waals surface area (Å²) in [6.45, 7) is 3.84. The van der Waals surface area contributed by atoms with Crippen LogP contribution in [0.15, 0.2) is 36.8 Å². The zero-order valence-corrected chi connectivity index (χ0v) is 19.5. The molecular weight excluding hydrogens is 446 g/mol. The summed E-state index contributed by atoms with van der Waals surface area (Å²) in [6.07, 6.45) is 6.51. The van der Waals surface area contributed by atoms with Crippen molar-refractivity contribution < 1.29 is 9.53 Å². The predicted octanol–water partition coefficient (Wildman–Crippen LogP) is 1.04. The summed E-state index contributed by atoms with van der Waals surface area (Å²) in [4.78, 5) is 25.1. The lowest BCUT2D eigenvalue weighted by Gasteiger charge is -2.56. The molecule has 2 aromatic heterocycles. The van der Waals surface area contributed by atoms with Gasteiger partial charge in [-0.05, 0) is 38.1 Å². The van der Waals surface area contributed by atoms with Crippen molar-refractivity contribution in [3.05, 3.63) is 47.9 Å². The number of likely N-dealkylation sites (N-methyl/N-ethyl adjacent to an activating group) is 1. The van der Waals surface area contributed by atoms with Gasteiger partial charge in [0.1, 0.15) is 11.8 Å². The zero-order valence-electron chi connectivity index (χ0n) is 19.5. The minimum atomic E-state index is -0.603. The molecule has 3 aliphatic rings. The van der Waals surface area contributed by atoms with E-state index < -0.39 is 5.91 Å². The van der Waals surface area contributed by atoms with Crippen molar-refractivity contribution in [2.75, 3.05) is 39.0 Å². The first-order valence-electron chi connectivity index (χ1n) is 11.5. The summed E-state index contributed by atoms with van der Waals surface area (Å²) in [5, 5.41) is 13.8. The number of amides is 1. The molecular formula is C24H27N9O2. The highest BCUT2D eigenvalue weighted by molar-refractivity contribution is 5.92. The molecule has 0 radical (unpaired) electrons. The Morgan fingerprint density at radius 1 is 1.29 bits per heavy atom. The van der Waals surface area contributed by atoms with Crippen LogP contribution in [0.5, 0.6) is 5.75 Å². The molecule has 5 heterocycles. The average molecular weight is 474 g/mol. The third-order valence-corrected chi connectivity index (χ3v) is 6.61. The number of rotatable bonds is 8. The van der Waals surface area contributed by atoms with E-state index in [0.717, 1.165) is 26.1 Å². The Balaban J connectivity index is 1.26. The molecule has 4 N–H and O–H groups in total. The topological polar surface area (TPSA) is 152 Å². The molecule has 0 saturated carbocycles. The van der Waals surface area contributed by atoms with Crippen LogP contribution in [-0.2, 0) is 0 Å². The van der Waals surface area contributed by atoms with Gasteiger partial charge >= 0.3 is 0 Å². The number of carbonyl (C=O) groups excluding carboxylic acids is 1.